The fourth-order valence-electron chi connectivity index (χ4n) is 1.57. The molecule has 88 valence electrons. The maximum absolute atomic E-state index is 11.8. The molecule has 0 N–H and O–H groups in total. The SMILES string of the molecule is COc1ccc(C(=O)CSC)cc1C(C)C. The van der Waals surface area contributed by atoms with Gasteiger partial charge in [0.25, 0.3) is 0 Å². The van der Waals surface area contributed by atoms with Gasteiger partial charge in [-0.2, -0.15) is 11.8 Å². The molecule has 0 fully saturated rings. The minimum absolute atomic E-state index is 0.178. The molecule has 0 saturated carbocycles. The molecule has 0 amide bonds. The van der Waals surface area contributed by atoms with E-state index in [9.17, 15) is 4.79 Å². The fourth-order valence-corrected chi connectivity index (χ4v) is 2.00. The van der Waals surface area contributed by atoms with Crippen LogP contribution < -0.4 is 4.74 Å². The molecule has 0 aromatic heterocycles. The highest BCUT2D eigenvalue weighted by Gasteiger charge is 2.11. The average Bonchev–Trinajstić information content (AvgIpc) is 2.28. The van der Waals surface area contributed by atoms with E-state index < -0.39 is 0 Å². The van der Waals surface area contributed by atoms with E-state index >= 15 is 0 Å². The van der Waals surface area contributed by atoms with E-state index in [1.54, 1.807) is 18.9 Å². The van der Waals surface area contributed by atoms with Gasteiger partial charge < -0.3 is 4.74 Å². The number of hydrogen-bond donors (Lipinski definition) is 0. The zero-order chi connectivity index (χ0) is 12.1. The Bertz CT molecular complexity index is 372. The zero-order valence-corrected chi connectivity index (χ0v) is 11.1. The van der Waals surface area contributed by atoms with Crippen molar-refractivity contribution in [3.05, 3.63) is 29.3 Å². The number of Topliss-reactive ketones (excluding diaryl/α,β-unsaturated/α-hetero) is 1. The third kappa shape index (κ3) is 3.01. The molecule has 1 aromatic rings. The lowest BCUT2D eigenvalue weighted by Crippen LogP contribution is -2.04. The summed E-state index contributed by atoms with van der Waals surface area (Å²) in [5, 5.41) is 0. The number of ketones is 1. The van der Waals surface area contributed by atoms with Gasteiger partial charge in [-0.1, -0.05) is 13.8 Å². The van der Waals surface area contributed by atoms with Crippen LogP contribution in [0.15, 0.2) is 18.2 Å². The standard InChI is InChI=1S/C13H18O2S/c1-9(2)11-7-10(12(14)8-16-4)5-6-13(11)15-3/h5-7,9H,8H2,1-4H3. The molecule has 2 nitrogen and oxygen atoms in total. The Morgan fingerprint density at radius 2 is 2.12 bits per heavy atom. The van der Waals surface area contributed by atoms with Crippen LogP contribution in [0.1, 0.15) is 35.7 Å². The van der Waals surface area contributed by atoms with Crippen LogP contribution in [0.2, 0.25) is 0 Å². The molecule has 1 rings (SSSR count). The summed E-state index contributed by atoms with van der Waals surface area (Å²) in [5.74, 6) is 1.92. The Kier molecular flexibility index (Phi) is 4.87. The number of methoxy groups -OCH3 is 1. The normalized spacial score (nSPS) is 10.6. The first-order chi connectivity index (χ1) is 7.60. The van der Waals surface area contributed by atoms with Gasteiger partial charge in [0.05, 0.1) is 12.9 Å². The Balaban J connectivity index is 3.06. The first-order valence-corrected chi connectivity index (χ1v) is 6.69. The molecule has 3 heteroatoms. The van der Waals surface area contributed by atoms with Crippen molar-refractivity contribution in [1.29, 1.82) is 0 Å². The summed E-state index contributed by atoms with van der Waals surface area (Å²) in [6.07, 6.45) is 1.94. The van der Waals surface area contributed by atoms with E-state index in [0.29, 0.717) is 11.7 Å². The van der Waals surface area contributed by atoms with Gasteiger partial charge in [0, 0.05) is 5.56 Å². The van der Waals surface area contributed by atoms with Gasteiger partial charge in [-0.25, -0.2) is 0 Å². The van der Waals surface area contributed by atoms with Crippen LogP contribution in [0, 0.1) is 0 Å². The van der Waals surface area contributed by atoms with Crippen LogP contribution >= 0.6 is 11.8 Å². The van der Waals surface area contributed by atoms with Gasteiger partial charge >= 0.3 is 0 Å². The number of hydrogen-bond acceptors (Lipinski definition) is 3. The van der Waals surface area contributed by atoms with Crippen molar-refractivity contribution >= 4 is 17.5 Å². The largest absolute Gasteiger partial charge is 0.496 e. The topological polar surface area (TPSA) is 26.3 Å². The summed E-state index contributed by atoms with van der Waals surface area (Å²) in [7, 11) is 1.66. The van der Waals surface area contributed by atoms with Crippen molar-refractivity contribution < 1.29 is 9.53 Å². The lowest BCUT2D eigenvalue weighted by molar-refractivity contribution is 0.102. The molecule has 16 heavy (non-hydrogen) atoms. The molecular weight excluding hydrogens is 220 g/mol. The van der Waals surface area contributed by atoms with Crippen molar-refractivity contribution in [2.75, 3.05) is 19.1 Å². The highest BCUT2D eigenvalue weighted by Crippen LogP contribution is 2.27. The van der Waals surface area contributed by atoms with Crippen molar-refractivity contribution in [1.82, 2.24) is 0 Å². The van der Waals surface area contributed by atoms with Crippen LogP contribution in [0.4, 0.5) is 0 Å². The Labute approximate surface area is 101 Å². The number of rotatable bonds is 5. The molecule has 0 spiro atoms. The van der Waals surface area contributed by atoms with Crippen LogP contribution in [-0.2, 0) is 0 Å². The molecule has 0 unspecified atom stereocenters. The van der Waals surface area contributed by atoms with Crippen molar-refractivity contribution in [2.24, 2.45) is 0 Å². The summed E-state index contributed by atoms with van der Waals surface area (Å²) in [6, 6.07) is 5.66. The number of carbonyl (C=O) groups excluding carboxylic acids is 1. The molecule has 0 saturated heterocycles. The molecule has 0 heterocycles. The first kappa shape index (κ1) is 13.1. The van der Waals surface area contributed by atoms with E-state index in [1.807, 2.05) is 24.5 Å². The predicted octanol–water partition coefficient (Wildman–Crippen LogP) is 3.36. The van der Waals surface area contributed by atoms with E-state index in [2.05, 4.69) is 13.8 Å². The quantitative estimate of drug-likeness (QED) is 0.736. The number of carbonyl (C=O) groups is 1. The van der Waals surface area contributed by atoms with Crippen LogP contribution in [0.25, 0.3) is 0 Å². The second-order valence-electron chi connectivity index (χ2n) is 3.97. The van der Waals surface area contributed by atoms with Crippen LogP contribution in [-0.4, -0.2) is 24.9 Å². The molecule has 0 aliphatic heterocycles. The maximum atomic E-state index is 11.8. The Hall–Kier alpha value is -0.960. The molecule has 0 bridgehead atoms. The van der Waals surface area contributed by atoms with E-state index in [1.165, 1.54) is 0 Å². The zero-order valence-electron chi connectivity index (χ0n) is 10.2. The molecular formula is C13H18O2S. The summed E-state index contributed by atoms with van der Waals surface area (Å²) in [4.78, 5) is 11.8. The minimum atomic E-state index is 0.178. The highest BCUT2D eigenvalue weighted by molar-refractivity contribution is 7.99. The smallest absolute Gasteiger partial charge is 0.172 e. The molecule has 0 radical (unpaired) electrons. The second-order valence-corrected chi connectivity index (χ2v) is 4.83. The molecule has 0 aliphatic rings. The summed E-state index contributed by atoms with van der Waals surface area (Å²) >= 11 is 1.55. The van der Waals surface area contributed by atoms with E-state index in [4.69, 9.17) is 4.74 Å². The number of benzene rings is 1. The van der Waals surface area contributed by atoms with Crippen molar-refractivity contribution in [2.45, 2.75) is 19.8 Å². The Morgan fingerprint density at radius 3 is 2.62 bits per heavy atom. The maximum Gasteiger partial charge on any atom is 0.172 e. The summed E-state index contributed by atoms with van der Waals surface area (Å²) < 4.78 is 5.28. The van der Waals surface area contributed by atoms with Crippen LogP contribution in [0.5, 0.6) is 5.75 Å². The number of thioether (sulfide) groups is 1. The molecule has 0 atom stereocenters. The predicted molar refractivity (Wildman–Crippen MR) is 69.8 cm³/mol. The highest BCUT2D eigenvalue weighted by atomic mass is 32.2. The fraction of sp³-hybridized carbons (Fsp3) is 0.462. The third-order valence-corrected chi connectivity index (χ3v) is 3.00. The second kappa shape index (κ2) is 5.94. The van der Waals surface area contributed by atoms with Gasteiger partial charge in [-0.3, -0.25) is 4.79 Å². The van der Waals surface area contributed by atoms with E-state index in [0.717, 1.165) is 16.9 Å². The lowest BCUT2D eigenvalue weighted by Gasteiger charge is -2.12. The van der Waals surface area contributed by atoms with Gasteiger partial charge in [-0.15, -0.1) is 0 Å². The lowest BCUT2D eigenvalue weighted by atomic mass is 9.98. The number of ether oxygens (including phenoxy) is 1. The first-order valence-electron chi connectivity index (χ1n) is 5.30. The third-order valence-electron chi connectivity index (χ3n) is 2.45. The molecule has 1 aromatic carbocycles. The Morgan fingerprint density at radius 1 is 1.44 bits per heavy atom. The summed E-state index contributed by atoms with van der Waals surface area (Å²) in [5.41, 5.74) is 1.87. The minimum Gasteiger partial charge on any atom is -0.496 e. The van der Waals surface area contributed by atoms with Gasteiger partial charge in [0.1, 0.15) is 5.75 Å². The summed E-state index contributed by atoms with van der Waals surface area (Å²) in [6.45, 7) is 4.20. The van der Waals surface area contributed by atoms with Gasteiger partial charge in [-0.05, 0) is 35.9 Å². The van der Waals surface area contributed by atoms with E-state index in [-0.39, 0.29) is 5.78 Å². The monoisotopic (exact) mass is 238 g/mol. The van der Waals surface area contributed by atoms with Gasteiger partial charge in [0.15, 0.2) is 5.78 Å². The van der Waals surface area contributed by atoms with Crippen molar-refractivity contribution in [3.63, 3.8) is 0 Å². The van der Waals surface area contributed by atoms with Crippen LogP contribution in [0.3, 0.4) is 0 Å². The molecule has 0 aliphatic carbocycles. The average molecular weight is 238 g/mol. The van der Waals surface area contributed by atoms with Gasteiger partial charge in [0.2, 0.25) is 0 Å². The van der Waals surface area contributed by atoms with Crippen molar-refractivity contribution in [3.8, 4) is 5.75 Å².